The second-order valence-electron chi connectivity index (χ2n) is 7.79. The van der Waals surface area contributed by atoms with Crippen molar-refractivity contribution in [3.63, 3.8) is 0 Å². The highest BCUT2D eigenvalue weighted by molar-refractivity contribution is 7.89. The molecule has 2 aliphatic heterocycles. The van der Waals surface area contributed by atoms with E-state index in [-0.39, 0.29) is 22.5 Å². The van der Waals surface area contributed by atoms with Crippen LogP contribution in [-0.2, 0) is 16.6 Å². The molecule has 2 saturated heterocycles. The van der Waals surface area contributed by atoms with Crippen LogP contribution in [0.25, 0.3) is 0 Å². The first-order valence-electron chi connectivity index (χ1n) is 10.2. The quantitative estimate of drug-likeness (QED) is 0.630. The first kappa shape index (κ1) is 21.1. The van der Waals surface area contributed by atoms with Crippen LogP contribution in [-0.4, -0.2) is 72.1 Å². The van der Waals surface area contributed by atoms with Gasteiger partial charge in [-0.05, 0) is 31.5 Å². The second-order valence-corrected chi connectivity index (χ2v) is 10.1. The van der Waals surface area contributed by atoms with Gasteiger partial charge in [-0.3, -0.25) is 9.48 Å². The molecule has 162 valence electrons. The molecule has 2 fully saturated rings. The number of hydrogen-bond donors (Lipinski definition) is 0. The van der Waals surface area contributed by atoms with Crippen LogP contribution in [0.15, 0.2) is 35.5 Å². The third-order valence-electron chi connectivity index (χ3n) is 5.53. The molecule has 8 nitrogen and oxygen atoms in total. The number of carbonyl (C=O) groups excluding carboxylic acids is 1. The van der Waals surface area contributed by atoms with Crippen molar-refractivity contribution in [3.8, 4) is 0 Å². The summed E-state index contributed by atoms with van der Waals surface area (Å²) in [5.41, 5.74) is 1.14. The normalized spacial score (nSPS) is 19.9. The van der Waals surface area contributed by atoms with Gasteiger partial charge in [0.15, 0.2) is 0 Å². The molecule has 3 heterocycles. The maximum atomic E-state index is 13.4. The highest BCUT2D eigenvalue weighted by Crippen LogP contribution is 2.27. The van der Waals surface area contributed by atoms with E-state index in [9.17, 15) is 13.2 Å². The second kappa shape index (κ2) is 8.20. The van der Waals surface area contributed by atoms with Gasteiger partial charge in [0.25, 0.3) is 15.9 Å². The lowest BCUT2D eigenvalue weighted by atomic mass is 10.2. The van der Waals surface area contributed by atoms with Crippen molar-refractivity contribution >= 4 is 33.2 Å². The zero-order valence-electron chi connectivity index (χ0n) is 17.2. The Morgan fingerprint density at radius 1 is 1.23 bits per heavy atom. The molecule has 2 aromatic rings. The van der Waals surface area contributed by atoms with Gasteiger partial charge in [0.05, 0.1) is 5.56 Å². The van der Waals surface area contributed by atoms with Crippen molar-refractivity contribution in [1.82, 2.24) is 19.0 Å². The lowest BCUT2D eigenvalue weighted by molar-refractivity contribution is 0.0872. The number of amides is 1. The number of halogens is 1. The summed E-state index contributed by atoms with van der Waals surface area (Å²) in [6.07, 6.45) is 2.37. The molecule has 0 radical (unpaired) electrons. The molecule has 0 unspecified atom stereocenters. The van der Waals surface area contributed by atoms with Gasteiger partial charge >= 0.3 is 0 Å². The minimum Gasteiger partial charge on any atom is -0.369 e. The fourth-order valence-corrected chi connectivity index (χ4v) is 5.44. The first-order chi connectivity index (χ1) is 14.3. The fourth-order valence-electron chi connectivity index (χ4n) is 3.74. The van der Waals surface area contributed by atoms with E-state index in [1.165, 1.54) is 4.31 Å². The molecule has 0 bridgehead atoms. The van der Waals surface area contributed by atoms with Gasteiger partial charge in [0, 0.05) is 62.2 Å². The Balaban J connectivity index is 1.55. The van der Waals surface area contributed by atoms with Crippen molar-refractivity contribution in [1.29, 1.82) is 0 Å². The van der Waals surface area contributed by atoms with Crippen LogP contribution in [0.4, 0.5) is 5.69 Å². The van der Waals surface area contributed by atoms with E-state index in [0.29, 0.717) is 44.3 Å². The lowest BCUT2D eigenvalue weighted by Crippen LogP contribution is -2.49. The van der Waals surface area contributed by atoms with Crippen molar-refractivity contribution in [2.24, 2.45) is 0 Å². The summed E-state index contributed by atoms with van der Waals surface area (Å²) < 4.78 is 29.8. The summed E-state index contributed by atoms with van der Waals surface area (Å²) in [4.78, 5) is 16.6. The minimum absolute atomic E-state index is 0.128. The molecule has 0 saturated carbocycles. The monoisotopic (exact) mass is 451 g/mol. The average Bonchev–Trinajstić information content (AvgIpc) is 3.30. The van der Waals surface area contributed by atoms with Crippen LogP contribution in [0.5, 0.6) is 0 Å². The summed E-state index contributed by atoms with van der Waals surface area (Å²) in [6, 6.07) is 7.68. The van der Waals surface area contributed by atoms with E-state index < -0.39 is 10.0 Å². The molecule has 0 aliphatic carbocycles. The average molecular weight is 452 g/mol. The first-order valence-corrected chi connectivity index (χ1v) is 12.0. The van der Waals surface area contributed by atoms with E-state index in [4.69, 9.17) is 11.6 Å². The van der Waals surface area contributed by atoms with Crippen LogP contribution in [0.2, 0.25) is 5.02 Å². The summed E-state index contributed by atoms with van der Waals surface area (Å²) in [5, 5.41) is 4.82. The van der Waals surface area contributed by atoms with Gasteiger partial charge in [0.2, 0.25) is 5.03 Å². The molecule has 1 aromatic heterocycles. The number of benzene rings is 1. The maximum Gasteiger partial charge on any atom is 0.263 e. The van der Waals surface area contributed by atoms with Gasteiger partial charge < -0.3 is 9.80 Å². The zero-order valence-corrected chi connectivity index (χ0v) is 18.7. The Morgan fingerprint density at radius 2 is 1.93 bits per heavy atom. The third-order valence-corrected chi connectivity index (χ3v) is 7.60. The van der Waals surface area contributed by atoms with E-state index >= 15 is 0 Å². The smallest absolute Gasteiger partial charge is 0.263 e. The van der Waals surface area contributed by atoms with Gasteiger partial charge in [-0.2, -0.15) is 9.40 Å². The molecular weight excluding hydrogens is 426 g/mol. The molecule has 30 heavy (non-hydrogen) atoms. The molecule has 2 aliphatic rings. The number of sulfonamides is 1. The largest absolute Gasteiger partial charge is 0.369 e. The number of carbonyl (C=O) groups is 1. The highest BCUT2D eigenvalue weighted by atomic mass is 35.5. The Morgan fingerprint density at radius 3 is 2.53 bits per heavy atom. The van der Waals surface area contributed by atoms with Crippen LogP contribution in [0.1, 0.15) is 30.6 Å². The Bertz CT molecular complexity index is 1050. The standard InChI is InChI=1S/C20H26ClN5O3S/c1-3-7-24-14-18(20(27)26-13-15(26)2)19(22-24)30(28,29)25-10-8-23(9-11-25)17-6-4-5-16(21)12-17/h4-6,12,14-15H,3,7-11,13H2,1-2H3/t15-,26?/m0/s1. The van der Waals surface area contributed by atoms with E-state index in [1.807, 2.05) is 38.1 Å². The number of piperazine rings is 1. The fraction of sp³-hybridized carbons (Fsp3) is 0.500. The minimum atomic E-state index is -3.87. The molecule has 4 rings (SSSR count). The number of nitrogens with zero attached hydrogens (tertiary/aromatic N) is 5. The number of aryl methyl sites for hydroxylation is 1. The van der Waals surface area contributed by atoms with Gasteiger partial charge in [-0.25, -0.2) is 8.42 Å². The van der Waals surface area contributed by atoms with Crippen molar-refractivity contribution in [3.05, 3.63) is 41.0 Å². The predicted molar refractivity (Wildman–Crippen MR) is 115 cm³/mol. The number of anilines is 1. The molecule has 1 amide bonds. The summed E-state index contributed by atoms with van der Waals surface area (Å²) in [6.45, 7) is 6.87. The SMILES string of the molecule is CCCn1cc(C(=O)N2C[C@@H]2C)c(S(=O)(=O)N2CCN(c3cccc(Cl)c3)CC2)n1. The van der Waals surface area contributed by atoms with Crippen molar-refractivity contribution < 1.29 is 13.2 Å². The number of aromatic nitrogens is 2. The Labute approximate surface area is 182 Å². The van der Waals surface area contributed by atoms with Crippen LogP contribution < -0.4 is 4.90 Å². The number of hydrogen-bond acceptors (Lipinski definition) is 5. The van der Waals surface area contributed by atoms with Crippen LogP contribution in [0.3, 0.4) is 0 Å². The number of rotatable bonds is 6. The van der Waals surface area contributed by atoms with E-state index in [1.54, 1.807) is 15.8 Å². The van der Waals surface area contributed by atoms with Crippen LogP contribution in [0, 0.1) is 0 Å². The predicted octanol–water partition coefficient (Wildman–Crippen LogP) is 2.30. The zero-order chi connectivity index (χ0) is 21.5. The molecule has 0 N–H and O–H groups in total. The third kappa shape index (κ3) is 4.06. The molecule has 10 heteroatoms. The molecule has 1 atom stereocenters. The van der Waals surface area contributed by atoms with E-state index in [0.717, 1.165) is 12.1 Å². The van der Waals surface area contributed by atoms with E-state index in [2.05, 4.69) is 10.00 Å². The van der Waals surface area contributed by atoms with Crippen molar-refractivity contribution in [2.45, 2.75) is 37.9 Å². The molecular formula is C20H26ClN5O3S. The van der Waals surface area contributed by atoms with Gasteiger partial charge in [-0.15, -0.1) is 0 Å². The topological polar surface area (TPSA) is 78.5 Å². The van der Waals surface area contributed by atoms with Gasteiger partial charge in [-0.1, -0.05) is 24.6 Å². The van der Waals surface area contributed by atoms with Gasteiger partial charge in [0.1, 0.15) is 0 Å². The summed E-state index contributed by atoms with van der Waals surface area (Å²) in [7, 11) is -3.87. The van der Waals surface area contributed by atoms with Crippen molar-refractivity contribution in [2.75, 3.05) is 37.6 Å². The van der Waals surface area contributed by atoms with Crippen LogP contribution >= 0.6 is 11.6 Å². The Kier molecular flexibility index (Phi) is 5.78. The summed E-state index contributed by atoms with van der Waals surface area (Å²) >= 11 is 6.08. The molecule has 0 spiro atoms. The highest BCUT2D eigenvalue weighted by Gasteiger charge is 2.40. The Hall–Kier alpha value is -2.10. The summed E-state index contributed by atoms with van der Waals surface area (Å²) in [5.74, 6) is -0.263. The molecule has 1 aromatic carbocycles. The lowest BCUT2D eigenvalue weighted by Gasteiger charge is -2.35. The maximum absolute atomic E-state index is 13.4.